The Morgan fingerprint density at radius 1 is 1.12 bits per heavy atom. The van der Waals surface area contributed by atoms with E-state index in [9.17, 15) is 0 Å². The zero-order valence-corrected chi connectivity index (χ0v) is 9.08. The Bertz CT molecular complexity index is 62.8. The van der Waals surface area contributed by atoms with Gasteiger partial charge in [-0.1, -0.05) is 0 Å². The topological polar surface area (TPSA) is 0 Å². The van der Waals surface area contributed by atoms with Crippen molar-refractivity contribution in [3.05, 3.63) is 0 Å². The van der Waals surface area contributed by atoms with Crippen molar-refractivity contribution >= 4 is 0 Å². The van der Waals surface area contributed by atoms with E-state index in [4.69, 9.17) is 0 Å². The molecule has 0 nitrogen and oxygen atoms in total. The molecule has 1 saturated carbocycles. The molecule has 1 aliphatic carbocycles. The third-order valence-corrected chi connectivity index (χ3v) is 9.19. The summed E-state index contributed by atoms with van der Waals surface area (Å²) in [5, 5.41) is 0. The van der Waals surface area contributed by atoms with Crippen LogP contribution in [0.2, 0.25) is 15.5 Å². The van der Waals surface area contributed by atoms with Gasteiger partial charge in [-0.2, -0.15) is 0 Å². The molecule has 0 aromatic rings. The molecule has 0 amide bonds. The summed E-state index contributed by atoms with van der Waals surface area (Å²) >= 11 is -0.806. The molecule has 0 aromatic heterocycles. The molecular weight excluding hydrogens is 149 g/mol. The molecule has 0 saturated heterocycles. The van der Waals surface area contributed by atoms with E-state index in [2.05, 4.69) is 11.0 Å². The summed E-state index contributed by atoms with van der Waals surface area (Å²) in [6.45, 7) is 0. The molecule has 0 aromatic carbocycles. The average Bonchev–Trinajstić information content (AvgIpc) is 2.12. The molecule has 0 bridgehead atoms. The number of rotatable bonds is 1. The predicted molar refractivity (Wildman–Crippen MR) is 33.9 cm³/mol. The number of hydrogen-bond acceptors (Lipinski definition) is 0. The number of hydrogen-bond donors (Lipinski definition) is 0. The second kappa shape index (κ2) is 2.96. The quantitative estimate of drug-likeness (QED) is 0.523. The fourth-order valence-corrected chi connectivity index (χ4v) is 6.46. The second-order valence-electron chi connectivity index (χ2n) is 3.67. The molecule has 0 radical (unpaired) electrons. The Labute approximate surface area is 57.6 Å². The molecular formula is C7H15Zn. The molecule has 0 aliphatic heterocycles. The molecule has 0 heterocycles. The first-order chi connectivity index (χ1) is 3.80. The minimum atomic E-state index is -0.806. The SMILES string of the molecule is [CH3][Zn]([CH3])[CH]1CCCC1. The van der Waals surface area contributed by atoms with Crippen molar-refractivity contribution in [1.82, 2.24) is 0 Å². The van der Waals surface area contributed by atoms with E-state index in [1.165, 1.54) is 4.51 Å². The monoisotopic (exact) mass is 163 g/mol. The van der Waals surface area contributed by atoms with Crippen LogP contribution in [-0.2, 0) is 16.0 Å². The van der Waals surface area contributed by atoms with E-state index in [-0.39, 0.29) is 0 Å². The minimum absolute atomic E-state index is 0.806. The Balaban J connectivity index is 2.24. The Morgan fingerprint density at radius 2 is 1.62 bits per heavy atom. The third kappa shape index (κ3) is 1.55. The van der Waals surface area contributed by atoms with Crippen LogP contribution in [0, 0.1) is 0 Å². The molecule has 1 aliphatic rings. The molecule has 0 unspecified atom stereocenters. The van der Waals surface area contributed by atoms with Crippen molar-refractivity contribution in [2.75, 3.05) is 0 Å². The maximum atomic E-state index is 2.55. The second-order valence-corrected chi connectivity index (χ2v) is 12.5. The van der Waals surface area contributed by atoms with E-state index in [0.29, 0.717) is 0 Å². The van der Waals surface area contributed by atoms with Gasteiger partial charge in [0.15, 0.2) is 0 Å². The van der Waals surface area contributed by atoms with Crippen molar-refractivity contribution in [1.29, 1.82) is 0 Å². The summed E-state index contributed by atoms with van der Waals surface area (Å²) < 4.78 is 1.27. The summed E-state index contributed by atoms with van der Waals surface area (Å²) in [4.78, 5) is 0. The van der Waals surface area contributed by atoms with Crippen molar-refractivity contribution in [2.45, 2.75) is 41.2 Å². The zero-order chi connectivity index (χ0) is 5.98. The van der Waals surface area contributed by atoms with Crippen LogP contribution in [0.25, 0.3) is 0 Å². The van der Waals surface area contributed by atoms with E-state index in [0.717, 1.165) is 0 Å². The fourth-order valence-electron chi connectivity index (χ4n) is 1.83. The van der Waals surface area contributed by atoms with Crippen molar-refractivity contribution < 1.29 is 16.0 Å². The van der Waals surface area contributed by atoms with E-state index >= 15 is 0 Å². The maximum absolute atomic E-state index is 2.55. The van der Waals surface area contributed by atoms with Crippen LogP contribution < -0.4 is 0 Å². The van der Waals surface area contributed by atoms with Gasteiger partial charge in [-0.25, -0.2) is 0 Å². The van der Waals surface area contributed by atoms with Crippen molar-refractivity contribution in [2.24, 2.45) is 0 Å². The van der Waals surface area contributed by atoms with Gasteiger partial charge in [0.1, 0.15) is 0 Å². The van der Waals surface area contributed by atoms with Crippen molar-refractivity contribution in [3.63, 3.8) is 0 Å². The fraction of sp³-hybridized carbons (Fsp3) is 1.00. The Hall–Kier alpha value is 0.623. The Morgan fingerprint density at radius 3 is 1.88 bits per heavy atom. The average molecular weight is 165 g/mol. The summed E-state index contributed by atoms with van der Waals surface area (Å²) in [5.74, 6) is 0. The van der Waals surface area contributed by atoms with Gasteiger partial charge in [0.2, 0.25) is 0 Å². The normalized spacial score (nSPS) is 21.8. The van der Waals surface area contributed by atoms with Crippen LogP contribution >= 0.6 is 0 Å². The standard InChI is InChI=1S/C5H9.2CH3.Zn/c1-2-4-5-3-1;;;/h1H,2-5H2;2*1H3;. The van der Waals surface area contributed by atoms with Crippen LogP contribution in [0.3, 0.4) is 0 Å². The molecule has 45 valence electrons. The molecule has 0 spiro atoms. The Kier molecular flexibility index (Phi) is 2.50. The van der Waals surface area contributed by atoms with Crippen LogP contribution in [0.15, 0.2) is 0 Å². The van der Waals surface area contributed by atoms with Gasteiger partial charge in [0.25, 0.3) is 0 Å². The van der Waals surface area contributed by atoms with Gasteiger partial charge in [0.05, 0.1) is 0 Å². The molecule has 8 heavy (non-hydrogen) atoms. The molecule has 0 N–H and O–H groups in total. The third-order valence-electron chi connectivity index (χ3n) is 2.63. The van der Waals surface area contributed by atoms with Gasteiger partial charge in [-0.05, 0) is 0 Å². The van der Waals surface area contributed by atoms with Gasteiger partial charge in [0, 0.05) is 0 Å². The molecule has 1 rings (SSSR count). The van der Waals surface area contributed by atoms with Gasteiger partial charge in [-0.3, -0.25) is 0 Å². The van der Waals surface area contributed by atoms with E-state index in [1.54, 1.807) is 25.7 Å². The van der Waals surface area contributed by atoms with Gasteiger partial charge in [-0.15, -0.1) is 0 Å². The summed E-state index contributed by atoms with van der Waals surface area (Å²) in [5.41, 5.74) is 5.10. The van der Waals surface area contributed by atoms with Crippen LogP contribution in [0.4, 0.5) is 0 Å². The molecule has 1 heteroatoms. The van der Waals surface area contributed by atoms with Crippen LogP contribution in [-0.4, -0.2) is 0 Å². The van der Waals surface area contributed by atoms with Crippen molar-refractivity contribution in [3.8, 4) is 0 Å². The summed E-state index contributed by atoms with van der Waals surface area (Å²) in [7, 11) is 0. The first-order valence-electron chi connectivity index (χ1n) is 4.14. The van der Waals surface area contributed by atoms with Gasteiger partial charge < -0.3 is 0 Å². The molecule has 0 atom stereocenters. The summed E-state index contributed by atoms with van der Waals surface area (Å²) in [6.07, 6.45) is 6.26. The van der Waals surface area contributed by atoms with Crippen LogP contribution in [0.5, 0.6) is 0 Å². The summed E-state index contributed by atoms with van der Waals surface area (Å²) in [6, 6.07) is 0. The van der Waals surface area contributed by atoms with E-state index in [1.807, 2.05) is 0 Å². The first-order valence-corrected chi connectivity index (χ1v) is 11.8. The first kappa shape index (κ1) is 6.74. The zero-order valence-electron chi connectivity index (χ0n) is 6.11. The van der Waals surface area contributed by atoms with E-state index < -0.39 is 16.0 Å². The predicted octanol–water partition coefficient (Wildman–Crippen LogP) is 3.06. The van der Waals surface area contributed by atoms with Gasteiger partial charge >= 0.3 is 57.2 Å². The van der Waals surface area contributed by atoms with Crippen LogP contribution in [0.1, 0.15) is 25.7 Å². The molecule has 1 fully saturated rings.